The molecule has 0 saturated carbocycles. The molecule has 0 bridgehead atoms. The molecule has 0 amide bonds. The van der Waals surface area contributed by atoms with Gasteiger partial charge in [-0.3, -0.25) is 0 Å². The summed E-state index contributed by atoms with van der Waals surface area (Å²) in [5.74, 6) is 0. The molecule has 0 aliphatic carbocycles. The molecule has 0 heterocycles. The lowest BCUT2D eigenvalue weighted by atomic mass is 10.2. The molecule has 7 heteroatoms. The molecule has 0 aromatic heterocycles. The molecule has 0 N–H and O–H groups in total. The van der Waals surface area contributed by atoms with E-state index in [1.165, 1.54) is 0 Å². The van der Waals surface area contributed by atoms with Gasteiger partial charge in [0.25, 0.3) is 0 Å². The highest BCUT2D eigenvalue weighted by Gasteiger charge is 2.01. The highest BCUT2D eigenvalue weighted by Crippen LogP contribution is 2.17. The van der Waals surface area contributed by atoms with E-state index in [0.29, 0.717) is 32.0 Å². The zero-order valence-electron chi connectivity index (χ0n) is 7.90. The molecule has 16 heavy (non-hydrogen) atoms. The minimum Gasteiger partial charge on any atom is -0.142 e. The normalized spacial score (nSPS) is 10.1. The zero-order chi connectivity index (χ0) is 12.6. The van der Waals surface area contributed by atoms with Crippen LogP contribution in [0.3, 0.4) is 0 Å². The fourth-order valence-corrected chi connectivity index (χ4v) is 2.93. The lowest BCUT2D eigenvalue weighted by molar-refractivity contribution is 1.28. The van der Waals surface area contributed by atoms with E-state index >= 15 is 0 Å². The van der Waals surface area contributed by atoms with Gasteiger partial charge < -0.3 is 0 Å². The minimum atomic E-state index is 0.321. The SMILES string of the molecule is Cc1c(S)c(=S)c(=S)c(=S)c(=S)c(=S)c1=S. The first kappa shape index (κ1) is 14.7. The Bertz CT molecular complexity index is 713. The van der Waals surface area contributed by atoms with Crippen LogP contribution in [0.25, 0.3) is 0 Å². The molecule has 0 saturated heterocycles. The van der Waals surface area contributed by atoms with Crippen LogP contribution in [0.1, 0.15) is 5.56 Å². The van der Waals surface area contributed by atoms with Crippen molar-refractivity contribution in [3.8, 4) is 0 Å². The Labute approximate surface area is 129 Å². The Hall–Kier alpha value is 0.630. The van der Waals surface area contributed by atoms with E-state index in [2.05, 4.69) is 12.6 Å². The topological polar surface area (TPSA) is 0 Å². The van der Waals surface area contributed by atoms with Crippen LogP contribution < -0.4 is 0 Å². The van der Waals surface area contributed by atoms with E-state index < -0.39 is 0 Å². The summed E-state index contributed by atoms with van der Waals surface area (Å²) in [6.45, 7) is 1.79. The van der Waals surface area contributed by atoms with Crippen molar-refractivity contribution in [3.63, 3.8) is 0 Å². The summed E-state index contributed by atoms with van der Waals surface area (Å²) in [4.78, 5) is 0.553. The summed E-state index contributed by atoms with van der Waals surface area (Å²) in [7, 11) is 0. The Morgan fingerprint density at radius 3 is 1.38 bits per heavy atom. The smallest absolute Gasteiger partial charge is 0.0768 e. The van der Waals surface area contributed by atoms with Gasteiger partial charge in [-0.2, -0.15) is 0 Å². The van der Waals surface area contributed by atoms with Gasteiger partial charge in [0.15, 0.2) is 0 Å². The molecular formula is C9H4S7. The Morgan fingerprint density at radius 1 is 0.625 bits per heavy atom. The molecule has 0 aliphatic rings. The Balaban J connectivity index is 4.54. The van der Waals surface area contributed by atoms with E-state index in [0.717, 1.165) is 5.56 Å². The van der Waals surface area contributed by atoms with Gasteiger partial charge in [0.2, 0.25) is 0 Å². The van der Waals surface area contributed by atoms with Crippen LogP contribution in [0.5, 0.6) is 0 Å². The van der Waals surface area contributed by atoms with Gasteiger partial charge >= 0.3 is 0 Å². The molecular weight excluding hydrogens is 333 g/mol. The molecule has 0 radical (unpaired) electrons. The minimum absolute atomic E-state index is 0.321. The maximum atomic E-state index is 5.20. The first-order chi connectivity index (χ1) is 7.29. The molecule has 0 nitrogen and oxygen atoms in total. The maximum Gasteiger partial charge on any atom is 0.0768 e. The van der Waals surface area contributed by atoms with Crippen LogP contribution >= 0.6 is 85.9 Å². The lowest BCUT2D eigenvalue weighted by Gasteiger charge is -1.95. The molecule has 0 unspecified atom stereocenters. The van der Waals surface area contributed by atoms with Crippen LogP contribution in [0, 0.1) is 34.0 Å². The van der Waals surface area contributed by atoms with Crippen LogP contribution in [0.4, 0.5) is 0 Å². The zero-order valence-corrected chi connectivity index (χ0v) is 13.7. The quantitative estimate of drug-likeness (QED) is 0.484. The predicted octanol–water partition coefficient (Wildman–Crippen LogP) is 5.54. The second kappa shape index (κ2) is 5.51. The average molecular weight is 337 g/mol. The fourth-order valence-electron chi connectivity index (χ4n) is 0.968. The third-order valence-corrected chi connectivity index (χ3v) is 5.85. The van der Waals surface area contributed by atoms with Crippen LogP contribution in [-0.2, 0) is 0 Å². The number of thiol groups is 1. The summed E-state index contributed by atoms with van der Waals surface area (Å²) >= 11 is 35.2. The fraction of sp³-hybridized carbons (Fsp3) is 0.111. The van der Waals surface area contributed by atoms with Crippen LogP contribution in [0.2, 0.25) is 0 Å². The molecule has 82 valence electrons. The molecule has 1 aromatic carbocycles. The molecule has 0 fully saturated rings. The van der Waals surface area contributed by atoms with Crippen molar-refractivity contribution < 1.29 is 0 Å². The number of rotatable bonds is 0. The summed E-state index contributed by atoms with van der Waals surface area (Å²) in [6, 6.07) is 0. The monoisotopic (exact) mass is 336 g/mol. The van der Waals surface area contributed by atoms with Crippen molar-refractivity contribution in [1.29, 1.82) is 0 Å². The lowest BCUT2D eigenvalue weighted by Crippen LogP contribution is -1.81. The summed E-state index contributed by atoms with van der Waals surface area (Å²) < 4.78 is 2.27. The van der Waals surface area contributed by atoms with Gasteiger partial charge in [-0.25, -0.2) is 0 Å². The van der Waals surface area contributed by atoms with E-state index in [9.17, 15) is 0 Å². The van der Waals surface area contributed by atoms with Crippen molar-refractivity contribution >= 4 is 85.9 Å². The average Bonchev–Trinajstić information content (AvgIpc) is 2.30. The second-order valence-electron chi connectivity index (χ2n) is 2.95. The Morgan fingerprint density at radius 2 is 0.938 bits per heavy atom. The molecule has 0 atom stereocenters. The first-order valence-corrected chi connectivity index (χ1v) is 6.85. The summed E-state index contributed by atoms with van der Waals surface area (Å²) in [5.41, 5.74) is 0.723. The van der Waals surface area contributed by atoms with Gasteiger partial charge in [0.05, 0.1) is 27.1 Å². The van der Waals surface area contributed by atoms with E-state index in [1.54, 1.807) is 6.92 Å². The van der Waals surface area contributed by atoms with Crippen molar-refractivity contribution in [3.05, 3.63) is 32.6 Å². The molecule has 0 spiro atoms. The van der Waals surface area contributed by atoms with Crippen molar-refractivity contribution in [2.75, 3.05) is 0 Å². The van der Waals surface area contributed by atoms with E-state index in [4.69, 9.17) is 73.3 Å². The van der Waals surface area contributed by atoms with Crippen molar-refractivity contribution in [2.45, 2.75) is 11.8 Å². The highest BCUT2D eigenvalue weighted by molar-refractivity contribution is 7.81. The van der Waals surface area contributed by atoms with E-state index in [1.807, 2.05) is 0 Å². The van der Waals surface area contributed by atoms with Gasteiger partial charge in [-0.05, 0) is 12.5 Å². The van der Waals surface area contributed by atoms with Crippen molar-refractivity contribution in [1.82, 2.24) is 0 Å². The standard InChI is InChI=1S/C9H4S7/c1-2-3(10)5(12)7(14)9(16)8(15)6(13)4(2)11/h10H,1H3. The second-order valence-corrected chi connectivity index (χ2v) is 5.85. The highest BCUT2D eigenvalue weighted by atomic mass is 32.1. The van der Waals surface area contributed by atoms with Gasteiger partial charge in [-0.1, -0.05) is 73.3 Å². The van der Waals surface area contributed by atoms with Gasteiger partial charge in [0.1, 0.15) is 0 Å². The summed E-state index contributed by atoms with van der Waals surface area (Å²) in [5, 5.41) is 0. The van der Waals surface area contributed by atoms with Gasteiger partial charge in [-0.15, -0.1) is 12.6 Å². The maximum absolute atomic E-state index is 5.20. The Kier molecular flexibility index (Phi) is 5.06. The predicted molar refractivity (Wildman–Crippen MR) is 85.8 cm³/mol. The largest absolute Gasteiger partial charge is 0.142 e. The molecule has 0 aliphatic heterocycles. The number of hydrogen-bond acceptors (Lipinski definition) is 7. The van der Waals surface area contributed by atoms with Crippen molar-refractivity contribution in [2.24, 2.45) is 0 Å². The first-order valence-electron chi connectivity index (χ1n) is 3.95. The van der Waals surface area contributed by atoms with E-state index in [-0.39, 0.29) is 0 Å². The van der Waals surface area contributed by atoms with Crippen LogP contribution in [0.15, 0.2) is 4.90 Å². The number of hydrogen-bond donors (Lipinski definition) is 1. The molecule has 1 aromatic rings. The third kappa shape index (κ3) is 2.55. The third-order valence-electron chi connectivity index (χ3n) is 1.94. The van der Waals surface area contributed by atoms with Gasteiger partial charge in [0, 0.05) is 4.90 Å². The van der Waals surface area contributed by atoms with Crippen LogP contribution in [-0.4, -0.2) is 0 Å². The molecule has 1 rings (SSSR count). The summed E-state index contributed by atoms with van der Waals surface area (Å²) in [6.07, 6.45) is 0.